The lowest BCUT2D eigenvalue weighted by Crippen LogP contribution is -2.00. The number of para-hydroxylation sites is 5. The number of rotatable bonds is 5. The molecule has 14 aromatic rings. The molecule has 0 saturated heterocycles. The molecule has 0 amide bonds. The Bertz CT molecular complexity index is 4140. The van der Waals surface area contributed by atoms with Crippen LogP contribution in [0.15, 0.2) is 207 Å². The molecule has 0 aliphatic heterocycles. The molecule has 5 heterocycles. The third-order valence-corrected chi connectivity index (χ3v) is 12.7. The van der Waals surface area contributed by atoms with Crippen LogP contribution in [0.4, 0.5) is 0 Å². The van der Waals surface area contributed by atoms with Crippen molar-refractivity contribution in [2.75, 3.05) is 0 Å². The Hall–Kier alpha value is -8.81. The van der Waals surface area contributed by atoms with Crippen molar-refractivity contribution in [1.29, 1.82) is 0 Å². The molecule has 7 heteroatoms. The molecular formula is C57H32N4O3. The number of aromatic nitrogens is 4. The fraction of sp³-hybridized carbons (Fsp3) is 0. The van der Waals surface area contributed by atoms with Gasteiger partial charge in [0.05, 0.1) is 22.3 Å². The van der Waals surface area contributed by atoms with Crippen molar-refractivity contribution in [3.05, 3.63) is 194 Å². The first-order chi connectivity index (χ1) is 31.7. The summed E-state index contributed by atoms with van der Waals surface area (Å²) in [4.78, 5) is 15.1. The molecular weight excluding hydrogens is 789 g/mol. The van der Waals surface area contributed by atoms with Gasteiger partial charge in [0.25, 0.3) is 0 Å². The normalized spacial score (nSPS) is 12.1. The minimum Gasteiger partial charge on any atom is -0.453 e. The molecule has 9 aromatic carbocycles. The molecule has 14 rings (SSSR count). The number of hydrogen-bond donors (Lipinski definition) is 0. The van der Waals surface area contributed by atoms with Crippen molar-refractivity contribution >= 4 is 87.6 Å². The van der Waals surface area contributed by atoms with Crippen LogP contribution in [0.2, 0.25) is 0 Å². The summed E-state index contributed by atoms with van der Waals surface area (Å²) in [6.45, 7) is 0. The standard InChI is InChI=1S/C57H32N4O3/c1-3-14-33(15-4-1)55-58-56(34-16-5-2-6-17-34)60-57(59-55)44-24-12-22-39-41-23-13-26-48(52(41)63-51(39)44)61-46-25-9-7-18-37(46)45-32-35(28-31-47(45)61)36-20-11-21-40-43-30-29-42-38-19-8-10-27-49(38)62-53(42)54(43)64-50(36)40/h1-32H. The minimum atomic E-state index is 0.546. The SMILES string of the molecule is c1ccc(-c2nc(-c3ccccc3)nc(-c3cccc4c3oc3c(-n5c6ccccc6c6cc(-c7cccc8c7oc7c8ccc8c9ccccc9oc87)ccc65)cccc34)n2)cc1. The molecule has 64 heavy (non-hydrogen) atoms. The summed E-state index contributed by atoms with van der Waals surface area (Å²) in [6.07, 6.45) is 0. The van der Waals surface area contributed by atoms with Gasteiger partial charge in [0.1, 0.15) is 16.7 Å². The number of benzene rings is 9. The fourth-order valence-corrected chi connectivity index (χ4v) is 9.75. The molecule has 0 N–H and O–H groups in total. The average molecular weight is 821 g/mol. The van der Waals surface area contributed by atoms with Crippen LogP contribution >= 0.6 is 0 Å². The zero-order valence-corrected chi connectivity index (χ0v) is 34.0. The van der Waals surface area contributed by atoms with E-state index in [1.807, 2.05) is 84.9 Å². The molecule has 0 aliphatic carbocycles. The van der Waals surface area contributed by atoms with Gasteiger partial charge in [0.15, 0.2) is 34.2 Å². The lowest BCUT2D eigenvalue weighted by atomic mass is 10.00. The van der Waals surface area contributed by atoms with E-state index in [1.54, 1.807) is 0 Å². The first kappa shape index (κ1) is 34.9. The van der Waals surface area contributed by atoms with Gasteiger partial charge in [-0.1, -0.05) is 146 Å². The van der Waals surface area contributed by atoms with Gasteiger partial charge in [-0.25, -0.2) is 15.0 Å². The second-order valence-electron chi connectivity index (χ2n) is 16.3. The predicted molar refractivity (Wildman–Crippen MR) is 258 cm³/mol. The van der Waals surface area contributed by atoms with Crippen LogP contribution in [0.5, 0.6) is 0 Å². The van der Waals surface area contributed by atoms with Gasteiger partial charge in [-0.3, -0.25) is 0 Å². The smallest absolute Gasteiger partial charge is 0.178 e. The zero-order valence-electron chi connectivity index (χ0n) is 34.0. The summed E-state index contributed by atoms with van der Waals surface area (Å²) in [6, 6.07) is 66.8. The number of furan rings is 3. The Morgan fingerprint density at radius 2 is 0.812 bits per heavy atom. The Kier molecular flexibility index (Phi) is 7.27. The van der Waals surface area contributed by atoms with Gasteiger partial charge in [0.2, 0.25) is 0 Å². The van der Waals surface area contributed by atoms with Gasteiger partial charge in [-0.2, -0.15) is 0 Å². The van der Waals surface area contributed by atoms with Crippen LogP contribution in [0.1, 0.15) is 0 Å². The van der Waals surface area contributed by atoms with Crippen molar-refractivity contribution in [3.8, 4) is 51.0 Å². The van der Waals surface area contributed by atoms with E-state index in [1.165, 1.54) is 0 Å². The highest BCUT2D eigenvalue weighted by Gasteiger charge is 2.23. The molecule has 0 unspecified atom stereocenters. The first-order valence-corrected chi connectivity index (χ1v) is 21.3. The number of nitrogens with zero attached hydrogens (tertiary/aromatic N) is 4. The Morgan fingerprint density at radius 3 is 1.56 bits per heavy atom. The Morgan fingerprint density at radius 1 is 0.297 bits per heavy atom. The van der Waals surface area contributed by atoms with Crippen LogP contribution in [0, 0.1) is 0 Å². The summed E-state index contributed by atoms with van der Waals surface area (Å²) in [7, 11) is 0. The van der Waals surface area contributed by atoms with E-state index < -0.39 is 0 Å². The van der Waals surface area contributed by atoms with Crippen molar-refractivity contribution in [3.63, 3.8) is 0 Å². The highest BCUT2D eigenvalue weighted by molar-refractivity contribution is 6.21. The molecule has 7 nitrogen and oxygen atoms in total. The van der Waals surface area contributed by atoms with E-state index in [0.717, 1.165) is 121 Å². The second kappa shape index (κ2) is 13.3. The van der Waals surface area contributed by atoms with Crippen molar-refractivity contribution in [2.24, 2.45) is 0 Å². The highest BCUT2D eigenvalue weighted by Crippen LogP contribution is 2.44. The third-order valence-electron chi connectivity index (χ3n) is 12.7. The molecule has 0 atom stereocenters. The van der Waals surface area contributed by atoms with Crippen molar-refractivity contribution in [2.45, 2.75) is 0 Å². The summed E-state index contributed by atoms with van der Waals surface area (Å²) < 4.78 is 22.6. The molecule has 0 aliphatic rings. The summed E-state index contributed by atoms with van der Waals surface area (Å²) in [5.74, 6) is 1.75. The maximum Gasteiger partial charge on any atom is 0.178 e. The van der Waals surface area contributed by atoms with Crippen LogP contribution in [-0.4, -0.2) is 19.5 Å². The summed E-state index contributed by atoms with van der Waals surface area (Å²) in [5, 5.41) is 8.48. The maximum absolute atomic E-state index is 7.06. The van der Waals surface area contributed by atoms with E-state index in [0.29, 0.717) is 17.5 Å². The monoisotopic (exact) mass is 820 g/mol. The van der Waals surface area contributed by atoms with E-state index in [-0.39, 0.29) is 0 Å². The Balaban J connectivity index is 0.950. The molecule has 0 bridgehead atoms. The summed E-state index contributed by atoms with van der Waals surface area (Å²) >= 11 is 0. The second-order valence-corrected chi connectivity index (χ2v) is 16.3. The van der Waals surface area contributed by atoms with E-state index in [9.17, 15) is 0 Å². The van der Waals surface area contributed by atoms with Gasteiger partial charge in [-0.05, 0) is 54.1 Å². The molecule has 0 saturated carbocycles. The molecule has 0 fully saturated rings. The van der Waals surface area contributed by atoms with E-state index in [2.05, 4.69) is 114 Å². The van der Waals surface area contributed by atoms with Gasteiger partial charge < -0.3 is 17.8 Å². The largest absolute Gasteiger partial charge is 0.453 e. The molecule has 298 valence electrons. The van der Waals surface area contributed by atoms with Crippen LogP contribution in [0.25, 0.3) is 139 Å². The number of fused-ring (bicyclic) bond motifs is 13. The lowest BCUT2D eigenvalue weighted by molar-refractivity contribution is 0.634. The maximum atomic E-state index is 7.06. The lowest BCUT2D eigenvalue weighted by Gasteiger charge is -2.09. The van der Waals surface area contributed by atoms with Gasteiger partial charge in [0, 0.05) is 59.8 Å². The minimum absolute atomic E-state index is 0.546. The zero-order chi connectivity index (χ0) is 41.9. The quantitative estimate of drug-likeness (QED) is 0.172. The van der Waals surface area contributed by atoms with Crippen molar-refractivity contribution < 1.29 is 13.3 Å². The summed E-state index contributed by atoms with van der Waals surface area (Å²) in [5.41, 5.74) is 12.5. The molecule has 0 spiro atoms. The van der Waals surface area contributed by atoms with Crippen molar-refractivity contribution in [1.82, 2.24) is 19.5 Å². The predicted octanol–water partition coefficient (Wildman–Crippen LogP) is 15.3. The Labute approximate surface area is 364 Å². The molecule has 5 aromatic heterocycles. The topological polar surface area (TPSA) is 83.0 Å². The first-order valence-electron chi connectivity index (χ1n) is 21.3. The molecule has 0 radical (unpaired) electrons. The average Bonchev–Trinajstić information content (AvgIpc) is 4.13. The highest BCUT2D eigenvalue weighted by atomic mass is 16.4. The van der Waals surface area contributed by atoms with E-state index >= 15 is 0 Å². The fourth-order valence-electron chi connectivity index (χ4n) is 9.75. The van der Waals surface area contributed by atoms with Crippen LogP contribution in [0.3, 0.4) is 0 Å². The van der Waals surface area contributed by atoms with Crippen LogP contribution in [-0.2, 0) is 0 Å². The van der Waals surface area contributed by atoms with E-state index in [4.69, 9.17) is 28.2 Å². The van der Waals surface area contributed by atoms with Gasteiger partial charge >= 0.3 is 0 Å². The number of hydrogen-bond acceptors (Lipinski definition) is 6. The van der Waals surface area contributed by atoms with Gasteiger partial charge in [-0.15, -0.1) is 0 Å². The third kappa shape index (κ3) is 5.06. The van der Waals surface area contributed by atoms with Crippen LogP contribution < -0.4 is 0 Å².